The molecule has 51 heavy (non-hydrogen) atoms. The fourth-order valence-electron chi connectivity index (χ4n) is 6.54. The number of anilines is 2. The Kier molecular flexibility index (Phi) is 14.1. The molecule has 2 aromatic carbocycles. The van der Waals surface area contributed by atoms with Gasteiger partial charge in [0.25, 0.3) is 11.8 Å². The molecule has 2 aromatic rings. The van der Waals surface area contributed by atoms with E-state index in [1.165, 1.54) is 31.3 Å². The number of benzene rings is 2. The van der Waals surface area contributed by atoms with Gasteiger partial charge in [-0.2, -0.15) is 4.33 Å². The summed E-state index contributed by atoms with van der Waals surface area (Å²) in [5, 5.41) is 18.0. The molecule has 16 nitrogen and oxygen atoms in total. The molecule has 4 heterocycles. The van der Waals surface area contributed by atoms with Gasteiger partial charge < -0.3 is 49.2 Å². The van der Waals surface area contributed by atoms with Crippen molar-refractivity contribution >= 4 is 45.4 Å². The van der Waals surface area contributed by atoms with E-state index in [1.54, 1.807) is 17.0 Å². The summed E-state index contributed by atoms with van der Waals surface area (Å²) in [6.45, 7) is 8.65. The first kappa shape index (κ1) is 41.6. The molecule has 2 fully saturated rings. The minimum Gasteiger partial charge on any atom is -0.746 e. The van der Waals surface area contributed by atoms with Gasteiger partial charge in [0.2, 0.25) is 0 Å². The molecule has 0 aliphatic carbocycles. The van der Waals surface area contributed by atoms with Crippen molar-refractivity contribution in [2.45, 2.75) is 42.1 Å². The van der Waals surface area contributed by atoms with Gasteiger partial charge in [-0.15, -0.1) is 0 Å². The summed E-state index contributed by atoms with van der Waals surface area (Å²) in [6, 6.07) is 4.86. The molecule has 264 valence electrons. The second-order valence-corrected chi connectivity index (χ2v) is 14.2. The first-order chi connectivity index (χ1) is 23.4. The van der Waals surface area contributed by atoms with Crippen molar-refractivity contribution in [2.24, 2.45) is 0 Å². The third-order valence-electron chi connectivity index (χ3n) is 8.75. The predicted molar refractivity (Wildman–Crippen MR) is 173 cm³/mol. The van der Waals surface area contributed by atoms with Crippen molar-refractivity contribution < 1.29 is 115 Å². The smallest absolute Gasteiger partial charge is 0.746 e. The minimum absolute atomic E-state index is 0. The van der Waals surface area contributed by atoms with E-state index in [-0.39, 0.29) is 120 Å². The molecule has 2 amide bonds. The third kappa shape index (κ3) is 8.63. The van der Waals surface area contributed by atoms with Crippen LogP contribution >= 0.6 is 12.0 Å². The van der Waals surface area contributed by atoms with Crippen LogP contribution in [0.3, 0.4) is 0 Å². The van der Waals surface area contributed by atoms with Gasteiger partial charge in [-0.3, -0.25) is 14.6 Å². The number of hydrogen-bond acceptors (Lipinski definition) is 15. The molecule has 4 aliphatic heterocycles. The fraction of sp³-hybridized carbons (Fsp3) is 0.419. The van der Waals surface area contributed by atoms with E-state index in [0.29, 0.717) is 47.7 Å². The SMILES string of the molecule is C=C1C[C@H]2[C@H](S(=O)(=O)[O-])Nc3cc(OCCCOc4cc5c(cc4OC)C(=O)N4CC(=C)C[C@H]4[C@H](SOO[O-])N5)c(OC)cc3C(=O)N2C1.[Na+].[Na+]. The number of carbonyl (C=O) groups is 2. The summed E-state index contributed by atoms with van der Waals surface area (Å²) in [4.78, 5) is 29.9. The molecule has 0 bridgehead atoms. The maximum absolute atomic E-state index is 13.5. The minimum atomic E-state index is -4.85. The van der Waals surface area contributed by atoms with Crippen molar-refractivity contribution in [2.75, 3.05) is 51.2 Å². The maximum Gasteiger partial charge on any atom is 1.00 e. The maximum atomic E-state index is 13.5. The summed E-state index contributed by atoms with van der Waals surface area (Å²) in [5.74, 6) is 0.422. The molecular formula is C31H34N4Na2O12S2. The molecule has 0 saturated carbocycles. The Bertz CT molecular complexity index is 1800. The zero-order chi connectivity index (χ0) is 35.0. The van der Waals surface area contributed by atoms with Crippen LogP contribution in [0.4, 0.5) is 11.4 Å². The van der Waals surface area contributed by atoms with Crippen LogP contribution in [0.25, 0.3) is 0 Å². The zero-order valence-corrected chi connectivity index (χ0v) is 34.2. The van der Waals surface area contributed by atoms with Crippen LogP contribution < -0.4 is 94.0 Å². The molecule has 0 unspecified atom stereocenters. The number of ether oxygens (including phenoxy) is 4. The fourth-order valence-corrected chi connectivity index (χ4v) is 8.11. The second kappa shape index (κ2) is 17.3. The van der Waals surface area contributed by atoms with Crippen molar-refractivity contribution in [3.63, 3.8) is 0 Å². The van der Waals surface area contributed by atoms with Gasteiger partial charge in [0.15, 0.2) is 23.0 Å². The number of carbonyl (C=O) groups excluding carboxylic acids is 2. The van der Waals surface area contributed by atoms with Gasteiger partial charge in [0.05, 0.1) is 74.1 Å². The van der Waals surface area contributed by atoms with Gasteiger partial charge in [-0.25, -0.2) is 8.42 Å². The van der Waals surface area contributed by atoms with Crippen LogP contribution in [-0.4, -0.2) is 97.9 Å². The van der Waals surface area contributed by atoms with Crippen LogP contribution in [0, 0.1) is 0 Å². The number of rotatable bonds is 12. The topological polar surface area (TPSA) is 200 Å². The molecule has 0 aromatic heterocycles. The number of methoxy groups -OCH3 is 2. The van der Waals surface area contributed by atoms with Crippen LogP contribution in [0.5, 0.6) is 23.0 Å². The molecule has 6 rings (SSSR count). The van der Waals surface area contributed by atoms with E-state index in [9.17, 15) is 27.8 Å². The van der Waals surface area contributed by atoms with Crippen molar-refractivity contribution in [1.29, 1.82) is 0 Å². The average Bonchev–Trinajstić information content (AvgIpc) is 3.60. The summed E-state index contributed by atoms with van der Waals surface area (Å²) in [6.07, 6.45) is 1.06. The van der Waals surface area contributed by atoms with Gasteiger partial charge in [-0.05, 0) is 25.0 Å². The number of hydrogen-bond donors (Lipinski definition) is 2. The zero-order valence-electron chi connectivity index (χ0n) is 28.6. The van der Waals surface area contributed by atoms with Crippen molar-refractivity contribution in [3.8, 4) is 23.0 Å². The van der Waals surface area contributed by atoms with E-state index >= 15 is 0 Å². The Morgan fingerprint density at radius 2 is 1.31 bits per heavy atom. The molecule has 2 N–H and O–H groups in total. The standard InChI is InChI=1S/C31H36N4O12S2.2Na/c1-16-8-22-28(48-47-46-38)32-20-12-26(24(42-3)10-18(20)30(36)34(22)14-16)44-6-5-7-45-27-13-21-19(11-25(27)43-4)31(37)35-15-17(2)9-23(35)29(33-21)49(39,40)41;;/h10-13,22-23,28-29,32-33,38H,1-2,5-9,14-15H2,3-4H3,(H,39,40,41);;/q;2*+1/p-2/t22-,23-,28-,29-;;/m0../s1. The summed E-state index contributed by atoms with van der Waals surface area (Å²) in [7, 11) is -1.99. The Labute approximate surface area is 343 Å². The summed E-state index contributed by atoms with van der Waals surface area (Å²) >= 11 is 0.757. The van der Waals surface area contributed by atoms with Gasteiger partial charge in [0.1, 0.15) is 20.9 Å². The Morgan fingerprint density at radius 1 is 0.824 bits per heavy atom. The van der Waals surface area contributed by atoms with Crippen LogP contribution in [0.1, 0.15) is 40.0 Å². The molecule has 4 aliphatic rings. The van der Waals surface area contributed by atoms with Gasteiger partial charge in [0, 0.05) is 31.6 Å². The predicted octanol–water partition coefficient (Wildman–Crippen LogP) is -3.98. The summed E-state index contributed by atoms with van der Waals surface area (Å²) in [5.41, 5.74) is 2.58. The molecule has 4 atom stereocenters. The van der Waals surface area contributed by atoms with Crippen LogP contribution in [0.2, 0.25) is 0 Å². The van der Waals surface area contributed by atoms with Crippen molar-refractivity contribution in [1.82, 2.24) is 9.80 Å². The summed E-state index contributed by atoms with van der Waals surface area (Å²) < 4.78 is 64.3. The van der Waals surface area contributed by atoms with E-state index in [1.807, 2.05) is 0 Å². The number of amides is 2. The van der Waals surface area contributed by atoms with Crippen LogP contribution in [-0.2, 0) is 19.5 Å². The largest absolute Gasteiger partial charge is 1.00 e. The van der Waals surface area contributed by atoms with E-state index in [4.69, 9.17) is 18.9 Å². The van der Waals surface area contributed by atoms with E-state index < -0.39 is 32.8 Å². The van der Waals surface area contributed by atoms with E-state index in [0.717, 1.165) is 17.6 Å². The molecular weight excluding hydrogens is 730 g/mol. The average molecular weight is 765 g/mol. The molecule has 2 saturated heterocycles. The van der Waals surface area contributed by atoms with Crippen LogP contribution in [0.15, 0.2) is 48.6 Å². The Hall–Kier alpha value is -2.20. The second-order valence-electron chi connectivity index (χ2n) is 11.9. The van der Waals surface area contributed by atoms with E-state index in [2.05, 4.69) is 33.2 Å². The van der Waals surface area contributed by atoms with Crippen molar-refractivity contribution in [3.05, 3.63) is 59.7 Å². The monoisotopic (exact) mass is 764 g/mol. The number of nitrogens with one attached hydrogen (secondary N) is 2. The normalized spacial score (nSPS) is 22.1. The first-order valence-electron chi connectivity index (χ1n) is 15.2. The molecule has 0 spiro atoms. The van der Waals surface area contributed by atoms with Gasteiger partial charge in [-0.1, -0.05) is 24.3 Å². The quantitative estimate of drug-likeness (QED) is 0.0403. The number of nitrogens with zero attached hydrogens (tertiary/aromatic N) is 2. The molecule has 0 radical (unpaired) electrons. The molecule has 20 heteroatoms. The first-order valence-corrected chi connectivity index (χ1v) is 17.5. The van der Waals surface area contributed by atoms with Gasteiger partial charge >= 0.3 is 59.1 Å². The number of fused-ring (bicyclic) bond motifs is 4. The third-order valence-corrected chi connectivity index (χ3v) is 10.6. The Morgan fingerprint density at radius 3 is 1.80 bits per heavy atom. The Balaban J connectivity index is 0.00000292.